The zero-order chi connectivity index (χ0) is 11.8. The second kappa shape index (κ2) is 2.82. The quantitative estimate of drug-likeness (QED) is 0.599. The van der Waals surface area contributed by atoms with Crippen molar-refractivity contribution in [1.29, 1.82) is 0 Å². The maximum absolute atomic E-state index is 10.3. The molecular formula is C6H12O3. The third kappa shape index (κ3) is 3.97. The van der Waals surface area contributed by atoms with E-state index in [0.29, 0.717) is 0 Å². The lowest BCUT2D eigenvalue weighted by atomic mass is 10.00. The fraction of sp³-hybridized carbons (Fsp3) is 0.833. The fourth-order valence-electron chi connectivity index (χ4n) is 0.307. The minimum Gasteiger partial charge on any atom is -0.481 e. The van der Waals surface area contributed by atoms with Gasteiger partial charge in [-0.05, 0) is 13.2 Å². The molecule has 2 N–H and O–H groups in total. The van der Waals surface area contributed by atoms with Gasteiger partial charge in [-0.1, -0.05) is 6.92 Å². The van der Waals surface area contributed by atoms with Crippen LogP contribution in [0.5, 0.6) is 0 Å². The summed E-state index contributed by atoms with van der Waals surface area (Å²) in [5.74, 6) is -1.56. The van der Waals surface area contributed by atoms with E-state index in [9.17, 15) is 9.90 Å². The van der Waals surface area contributed by atoms with Gasteiger partial charge >= 0.3 is 5.97 Å². The Balaban J connectivity index is 5.18. The summed E-state index contributed by atoms with van der Waals surface area (Å²) in [6.45, 7) is -2.24. The molecule has 0 heterocycles. The molecular weight excluding hydrogens is 120 g/mol. The van der Waals surface area contributed by atoms with Crippen molar-refractivity contribution in [3.63, 3.8) is 0 Å². The average Bonchev–Trinajstić information content (AvgIpc) is 1.79. The van der Waals surface area contributed by atoms with Gasteiger partial charge in [0.25, 0.3) is 0 Å². The molecule has 0 aromatic heterocycles. The first-order valence-electron chi connectivity index (χ1n) is 4.86. The van der Waals surface area contributed by atoms with Gasteiger partial charge < -0.3 is 10.2 Å². The largest absolute Gasteiger partial charge is 0.481 e. The van der Waals surface area contributed by atoms with Crippen LogP contribution in [0.2, 0.25) is 0 Å². The summed E-state index contributed by atoms with van der Waals surface area (Å²) in [5, 5.41) is 17.9. The molecule has 0 aliphatic heterocycles. The predicted octanol–water partition coefficient (Wildman–Crippen LogP) is 0.622. The second-order valence-corrected chi connectivity index (χ2v) is 1.68. The monoisotopic (exact) mass is 137 g/mol. The van der Waals surface area contributed by atoms with Gasteiger partial charge in [0.05, 0.1) is 12.0 Å². The maximum atomic E-state index is 10.3. The molecule has 1 atom stereocenters. The SMILES string of the molecule is [2H]C([2H])([2H])C(O)(CC(=O)O)C([2H])([2H])C. The molecule has 0 fully saturated rings. The van der Waals surface area contributed by atoms with Crippen LogP contribution in [-0.2, 0) is 4.79 Å². The molecule has 0 saturated heterocycles. The smallest absolute Gasteiger partial charge is 0.306 e. The van der Waals surface area contributed by atoms with Crippen molar-refractivity contribution in [3.8, 4) is 0 Å². The molecule has 0 radical (unpaired) electrons. The van der Waals surface area contributed by atoms with Crippen molar-refractivity contribution >= 4 is 5.97 Å². The lowest BCUT2D eigenvalue weighted by Crippen LogP contribution is -2.26. The van der Waals surface area contributed by atoms with Gasteiger partial charge in [-0.3, -0.25) is 4.79 Å². The molecule has 0 aromatic carbocycles. The third-order valence-electron chi connectivity index (χ3n) is 0.821. The van der Waals surface area contributed by atoms with Crippen molar-refractivity contribution in [2.75, 3.05) is 0 Å². The van der Waals surface area contributed by atoms with Crippen LogP contribution in [0, 0.1) is 0 Å². The normalized spacial score (nSPS) is 28.0. The van der Waals surface area contributed by atoms with Gasteiger partial charge in [0.2, 0.25) is 0 Å². The highest BCUT2D eigenvalue weighted by atomic mass is 16.4. The van der Waals surface area contributed by atoms with Gasteiger partial charge in [0.15, 0.2) is 0 Å². The van der Waals surface area contributed by atoms with Crippen molar-refractivity contribution in [3.05, 3.63) is 0 Å². The van der Waals surface area contributed by atoms with Gasteiger partial charge in [-0.2, -0.15) is 0 Å². The Hall–Kier alpha value is -0.570. The fourth-order valence-corrected chi connectivity index (χ4v) is 0.307. The van der Waals surface area contributed by atoms with Crippen LogP contribution >= 0.6 is 0 Å². The van der Waals surface area contributed by atoms with E-state index in [-0.39, 0.29) is 0 Å². The molecule has 0 amide bonds. The molecule has 0 rings (SSSR count). The van der Waals surface area contributed by atoms with Crippen LogP contribution in [0.1, 0.15) is 33.4 Å². The topological polar surface area (TPSA) is 57.5 Å². The lowest BCUT2D eigenvalue weighted by Gasteiger charge is -2.17. The average molecular weight is 137 g/mol. The summed E-state index contributed by atoms with van der Waals surface area (Å²) in [6.07, 6.45) is -3.68. The predicted molar refractivity (Wildman–Crippen MR) is 33.2 cm³/mol. The van der Waals surface area contributed by atoms with E-state index >= 15 is 0 Å². The molecule has 3 heteroatoms. The van der Waals surface area contributed by atoms with Gasteiger partial charge in [-0.25, -0.2) is 0 Å². The number of carboxylic acids is 1. The van der Waals surface area contributed by atoms with Crippen molar-refractivity contribution in [2.45, 2.75) is 32.2 Å². The Bertz CT molecular complexity index is 215. The molecule has 3 nitrogen and oxygen atoms in total. The summed E-state index contributed by atoms with van der Waals surface area (Å²) in [5.41, 5.74) is -2.87. The van der Waals surface area contributed by atoms with Gasteiger partial charge in [0, 0.05) is 6.85 Å². The van der Waals surface area contributed by atoms with Gasteiger partial charge in [0.1, 0.15) is 0 Å². The Labute approximate surface area is 61.3 Å². The van der Waals surface area contributed by atoms with E-state index in [4.69, 9.17) is 12.0 Å². The van der Waals surface area contributed by atoms with Crippen LogP contribution in [-0.4, -0.2) is 21.8 Å². The van der Waals surface area contributed by atoms with E-state index in [1.165, 1.54) is 0 Å². The van der Waals surface area contributed by atoms with E-state index < -0.39 is 31.2 Å². The number of rotatable bonds is 3. The van der Waals surface area contributed by atoms with Crippen molar-refractivity contribution < 1.29 is 21.9 Å². The van der Waals surface area contributed by atoms with Crippen LogP contribution in [0.25, 0.3) is 0 Å². The van der Waals surface area contributed by atoms with Gasteiger partial charge in [-0.15, -0.1) is 0 Å². The molecule has 1 unspecified atom stereocenters. The first kappa shape index (κ1) is 3.01. The molecule has 0 aliphatic carbocycles. The van der Waals surface area contributed by atoms with E-state index in [0.717, 1.165) is 6.92 Å². The number of aliphatic hydroxyl groups is 1. The van der Waals surface area contributed by atoms with Crippen molar-refractivity contribution in [1.82, 2.24) is 0 Å². The van der Waals surface area contributed by atoms with Crippen molar-refractivity contribution in [2.24, 2.45) is 0 Å². The Morgan fingerprint density at radius 1 is 2.00 bits per heavy atom. The summed E-state index contributed by atoms with van der Waals surface area (Å²) in [7, 11) is 0. The molecule has 9 heavy (non-hydrogen) atoms. The third-order valence-corrected chi connectivity index (χ3v) is 0.821. The van der Waals surface area contributed by atoms with Crippen LogP contribution in [0.15, 0.2) is 0 Å². The standard InChI is InChI=1S/C6H12O3/c1-3-6(2,9)4-5(7)8/h9H,3-4H2,1-2H3,(H,7,8)/i2D3,3D2. The zero-order valence-corrected chi connectivity index (χ0v) is 5.01. The summed E-state index contributed by atoms with van der Waals surface area (Å²) in [6, 6.07) is 0. The molecule has 0 spiro atoms. The highest BCUT2D eigenvalue weighted by molar-refractivity contribution is 5.67. The Morgan fingerprint density at radius 3 is 2.67 bits per heavy atom. The van der Waals surface area contributed by atoms with E-state index in [2.05, 4.69) is 0 Å². The summed E-state index contributed by atoms with van der Waals surface area (Å²) >= 11 is 0. The minimum absolute atomic E-state index is 0.836. The first-order chi connectivity index (χ1) is 5.92. The Morgan fingerprint density at radius 2 is 2.56 bits per heavy atom. The Kier molecular flexibility index (Phi) is 0.945. The highest BCUT2D eigenvalue weighted by Gasteiger charge is 2.20. The van der Waals surface area contributed by atoms with Crippen LogP contribution in [0.3, 0.4) is 0 Å². The lowest BCUT2D eigenvalue weighted by molar-refractivity contribution is -0.141. The summed E-state index contributed by atoms with van der Waals surface area (Å²) < 4.78 is 35.0. The van der Waals surface area contributed by atoms with Crippen LogP contribution in [0.4, 0.5) is 0 Å². The number of aliphatic carboxylic acids is 1. The van der Waals surface area contributed by atoms with Crippen LogP contribution < -0.4 is 0 Å². The zero-order valence-electron chi connectivity index (χ0n) is 10.0. The minimum atomic E-state index is -3.08. The molecule has 0 aliphatic rings. The first-order valence-corrected chi connectivity index (χ1v) is 2.36. The summed E-state index contributed by atoms with van der Waals surface area (Å²) in [4.78, 5) is 10.3. The number of hydrogen-bond donors (Lipinski definition) is 2. The molecule has 0 aromatic rings. The maximum Gasteiger partial charge on any atom is 0.306 e. The number of hydrogen-bond acceptors (Lipinski definition) is 2. The molecule has 54 valence electrons. The highest BCUT2D eigenvalue weighted by Crippen LogP contribution is 2.12. The second-order valence-electron chi connectivity index (χ2n) is 1.68. The number of carbonyl (C=O) groups is 1. The molecule has 0 bridgehead atoms. The van der Waals surface area contributed by atoms with E-state index in [1.807, 2.05) is 0 Å². The molecule has 0 saturated carbocycles. The van der Waals surface area contributed by atoms with E-state index in [1.54, 1.807) is 0 Å². The number of carboxylic acid groups (broad SMARTS) is 1.